The molecule has 1 aromatic rings. The van der Waals surface area contributed by atoms with Gasteiger partial charge >= 0.3 is 0 Å². The first-order valence-electron chi connectivity index (χ1n) is 7.69. The second-order valence-electron chi connectivity index (χ2n) is 6.28. The zero-order valence-corrected chi connectivity index (χ0v) is 14.4. The van der Waals surface area contributed by atoms with E-state index in [-0.39, 0.29) is 11.6 Å². The summed E-state index contributed by atoms with van der Waals surface area (Å²) in [5, 5.41) is 0.757. The Kier molecular flexibility index (Phi) is 4.91. The number of halogens is 2. The molecule has 0 radical (unpaired) electrons. The molecule has 1 aliphatic heterocycles. The zero-order valence-electron chi connectivity index (χ0n) is 12.1. The summed E-state index contributed by atoms with van der Waals surface area (Å²) in [6, 6.07) is 6.12. The van der Waals surface area contributed by atoms with Crippen LogP contribution < -0.4 is 11.3 Å². The van der Waals surface area contributed by atoms with E-state index >= 15 is 0 Å². The van der Waals surface area contributed by atoms with Gasteiger partial charge in [0.2, 0.25) is 0 Å². The van der Waals surface area contributed by atoms with Gasteiger partial charge in [-0.2, -0.15) is 0 Å². The summed E-state index contributed by atoms with van der Waals surface area (Å²) in [6.45, 7) is 0.828. The highest BCUT2D eigenvalue weighted by Crippen LogP contribution is 2.46. The van der Waals surface area contributed by atoms with Crippen LogP contribution in [0.3, 0.4) is 0 Å². The van der Waals surface area contributed by atoms with Crippen LogP contribution in [-0.2, 0) is 4.74 Å². The Morgan fingerprint density at radius 3 is 2.86 bits per heavy atom. The van der Waals surface area contributed by atoms with Crippen LogP contribution in [0.25, 0.3) is 0 Å². The summed E-state index contributed by atoms with van der Waals surface area (Å²) >= 11 is 9.97. The highest BCUT2D eigenvalue weighted by molar-refractivity contribution is 9.10. The number of ether oxygens (including phenoxy) is 1. The summed E-state index contributed by atoms with van der Waals surface area (Å²) in [5.41, 5.74) is 4.17. The summed E-state index contributed by atoms with van der Waals surface area (Å²) in [6.07, 6.45) is 7.04. The van der Waals surface area contributed by atoms with Crippen molar-refractivity contribution in [1.29, 1.82) is 0 Å². The van der Waals surface area contributed by atoms with Crippen LogP contribution in [0.4, 0.5) is 0 Å². The van der Waals surface area contributed by atoms with Gasteiger partial charge in [0.05, 0.1) is 16.7 Å². The van der Waals surface area contributed by atoms with Crippen LogP contribution in [0.1, 0.15) is 50.1 Å². The van der Waals surface area contributed by atoms with Crippen molar-refractivity contribution in [2.75, 3.05) is 6.61 Å². The van der Waals surface area contributed by atoms with E-state index in [2.05, 4.69) is 27.4 Å². The lowest BCUT2D eigenvalue weighted by molar-refractivity contribution is -0.0982. The maximum Gasteiger partial charge on any atom is 0.0686 e. The van der Waals surface area contributed by atoms with Crippen molar-refractivity contribution in [3.8, 4) is 0 Å². The van der Waals surface area contributed by atoms with Crippen molar-refractivity contribution in [3.63, 3.8) is 0 Å². The molecular formula is C16H22BrClN2O. The Hall–Kier alpha value is -0.130. The van der Waals surface area contributed by atoms with E-state index in [0.29, 0.717) is 5.92 Å². The first-order chi connectivity index (χ1) is 10.2. The third-order valence-electron chi connectivity index (χ3n) is 5.01. The van der Waals surface area contributed by atoms with Crippen molar-refractivity contribution in [3.05, 3.63) is 33.3 Å². The molecule has 1 saturated heterocycles. The number of nitrogens with two attached hydrogens (primary N) is 1. The van der Waals surface area contributed by atoms with E-state index in [1.165, 1.54) is 25.7 Å². The molecular weight excluding hydrogens is 352 g/mol. The van der Waals surface area contributed by atoms with Crippen LogP contribution in [0.5, 0.6) is 0 Å². The molecule has 1 saturated carbocycles. The van der Waals surface area contributed by atoms with E-state index in [9.17, 15) is 0 Å². The third-order valence-corrected chi connectivity index (χ3v) is 6.32. The Labute approximate surface area is 139 Å². The van der Waals surface area contributed by atoms with E-state index in [1.807, 2.05) is 12.1 Å². The van der Waals surface area contributed by atoms with Gasteiger partial charge in [-0.25, -0.2) is 0 Å². The lowest BCUT2D eigenvalue weighted by Gasteiger charge is -2.41. The third kappa shape index (κ3) is 3.15. The predicted octanol–water partition coefficient (Wildman–Crippen LogP) is 4.35. The molecule has 0 amide bonds. The number of nitrogens with one attached hydrogen (secondary N) is 1. The first-order valence-corrected chi connectivity index (χ1v) is 8.86. The van der Waals surface area contributed by atoms with E-state index in [4.69, 9.17) is 22.2 Å². The summed E-state index contributed by atoms with van der Waals surface area (Å²) < 4.78 is 7.05. The number of rotatable bonds is 3. The van der Waals surface area contributed by atoms with Gasteiger partial charge in [0.15, 0.2) is 0 Å². The normalized spacial score (nSPS) is 26.1. The van der Waals surface area contributed by atoms with Crippen LogP contribution in [-0.4, -0.2) is 12.2 Å². The highest BCUT2D eigenvalue weighted by Gasteiger charge is 2.42. The van der Waals surface area contributed by atoms with Gasteiger partial charge in [0.25, 0.3) is 0 Å². The molecule has 0 bridgehead atoms. The molecule has 1 spiro atoms. The molecule has 1 aliphatic carbocycles. The predicted molar refractivity (Wildman–Crippen MR) is 89.1 cm³/mol. The maximum atomic E-state index is 6.46. The molecule has 5 heteroatoms. The van der Waals surface area contributed by atoms with Crippen molar-refractivity contribution >= 4 is 27.5 Å². The smallest absolute Gasteiger partial charge is 0.0686 e. The van der Waals surface area contributed by atoms with Gasteiger partial charge in [-0.1, -0.05) is 36.6 Å². The highest BCUT2D eigenvalue weighted by atomic mass is 79.9. The molecule has 3 rings (SSSR count). The van der Waals surface area contributed by atoms with Gasteiger partial charge in [0.1, 0.15) is 0 Å². The molecule has 2 fully saturated rings. The molecule has 2 unspecified atom stereocenters. The topological polar surface area (TPSA) is 47.3 Å². The molecule has 0 aromatic heterocycles. The van der Waals surface area contributed by atoms with E-state index in [1.54, 1.807) is 0 Å². The van der Waals surface area contributed by atoms with Gasteiger partial charge < -0.3 is 4.74 Å². The van der Waals surface area contributed by atoms with Crippen molar-refractivity contribution < 1.29 is 4.74 Å². The van der Waals surface area contributed by atoms with Crippen LogP contribution >= 0.6 is 27.5 Å². The van der Waals surface area contributed by atoms with Crippen molar-refractivity contribution in [2.24, 2.45) is 11.8 Å². The van der Waals surface area contributed by atoms with Gasteiger partial charge in [-0.15, -0.1) is 0 Å². The SMILES string of the molecule is NNC(c1cccc(Br)c1Cl)C1CCOC2(CCCC2)C1. The zero-order chi connectivity index (χ0) is 14.9. The molecule has 1 aromatic carbocycles. The summed E-state index contributed by atoms with van der Waals surface area (Å²) in [7, 11) is 0. The molecule has 3 nitrogen and oxygen atoms in total. The Balaban J connectivity index is 1.84. The second-order valence-corrected chi connectivity index (χ2v) is 7.51. The Morgan fingerprint density at radius 2 is 2.14 bits per heavy atom. The number of hydrazine groups is 1. The summed E-state index contributed by atoms with van der Waals surface area (Å²) in [5.74, 6) is 6.34. The minimum absolute atomic E-state index is 0.0800. The quantitative estimate of drug-likeness (QED) is 0.612. The minimum atomic E-state index is 0.0800. The minimum Gasteiger partial charge on any atom is -0.375 e. The lowest BCUT2D eigenvalue weighted by atomic mass is 9.79. The largest absolute Gasteiger partial charge is 0.375 e. The average Bonchev–Trinajstić information content (AvgIpc) is 2.92. The van der Waals surface area contributed by atoms with Crippen molar-refractivity contribution in [2.45, 2.75) is 50.2 Å². The fraction of sp³-hybridized carbons (Fsp3) is 0.625. The lowest BCUT2D eigenvalue weighted by Crippen LogP contribution is -2.43. The summed E-state index contributed by atoms with van der Waals surface area (Å²) in [4.78, 5) is 0. The van der Waals surface area contributed by atoms with Crippen molar-refractivity contribution in [1.82, 2.24) is 5.43 Å². The number of hydrogen-bond donors (Lipinski definition) is 2. The van der Waals surface area contributed by atoms with E-state index < -0.39 is 0 Å². The average molecular weight is 374 g/mol. The molecule has 116 valence electrons. The molecule has 3 N–H and O–H groups in total. The first kappa shape index (κ1) is 15.8. The van der Waals surface area contributed by atoms with Crippen LogP contribution in [0, 0.1) is 5.92 Å². The van der Waals surface area contributed by atoms with E-state index in [0.717, 1.165) is 34.5 Å². The molecule has 1 heterocycles. The maximum absolute atomic E-state index is 6.46. The van der Waals surface area contributed by atoms with Gasteiger partial charge in [-0.05, 0) is 59.2 Å². The molecule has 2 aliphatic rings. The number of hydrogen-bond acceptors (Lipinski definition) is 3. The van der Waals surface area contributed by atoms with Gasteiger partial charge in [0, 0.05) is 11.1 Å². The number of benzene rings is 1. The Bertz CT molecular complexity index is 505. The Morgan fingerprint density at radius 1 is 1.38 bits per heavy atom. The standard InChI is InChI=1S/C16H22BrClN2O/c17-13-5-3-4-12(14(13)18)15(20-19)11-6-9-21-16(10-11)7-1-2-8-16/h3-5,11,15,20H,1-2,6-10,19H2. The fourth-order valence-electron chi connectivity index (χ4n) is 3.96. The second kappa shape index (κ2) is 6.55. The van der Waals surface area contributed by atoms with Crippen LogP contribution in [0.2, 0.25) is 5.02 Å². The van der Waals surface area contributed by atoms with Crippen LogP contribution in [0.15, 0.2) is 22.7 Å². The van der Waals surface area contributed by atoms with Gasteiger partial charge in [-0.3, -0.25) is 11.3 Å². The molecule has 21 heavy (non-hydrogen) atoms. The monoisotopic (exact) mass is 372 g/mol. The fourth-order valence-corrected chi connectivity index (χ4v) is 4.58. The molecule has 2 atom stereocenters.